The Morgan fingerprint density at radius 2 is 2.30 bits per heavy atom. The standard InChI is InChI=1S/C18H23NO/c1-3-7-15(2)8-4-5-9-16-10-6-11-17(14-16)18(20)12-13-19/h3,6-7,10-11,14,18,20H,1,4,8,12-13,19H2,2H3/b15-7+. The van der Waals surface area contributed by atoms with Crippen LogP contribution in [0.4, 0.5) is 0 Å². The Labute approximate surface area is 122 Å². The molecule has 106 valence electrons. The third-order valence-electron chi connectivity index (χ3n) is 2.99. The van der Waals surface area contributed by atoms with Gasteiger partial charge in [0.25, 0.3) is 0 Å². The molecule has 2 heteroatoms. The molecule has 0 aliphatic rings. The summed E-state index contributed by atoms with van der Waals surface area (Å²) in [7, 11) is 0. The highest BCUT2D eigenvalue weighted by Crippen LogP contribution is 2.16. The Morgan fingerprint density at radius 1 is 1.50 bits per heavy atom. The zero-order valence-electron chi connectivity index (χ0n) is 12.1. The molecule has 0 heterocycles. The first-order chi connectivity index (χ1) is 9.67. The van der Waals surface area contributed by atoms with E-state index in [2.05, 4.69) is 25.3 Å². The average molecular weight is 269 g/mol. The van der Waals surface area contributed by atoms with Crippen molar-refractivity contribution in [1.29, 1.82) is 0 Å². The topological polar surface area (TPSA) is 46.2 Å². The molecular formula is C18H23NO. The summed E-state index contributed by atoms with van der Waals surface area (Å²) in [6.45, 7) is 6.23. The minimum Gasteiger partial charge on any atom is -0.388 e. The van der Waals surface area contributed by atoms with Gasteiger partial charge in [-0.3, -0.25) is 0 Å². The second kappa shape index (κ2) is 9.14. The first-order valence-corrected chi connectivity index (χ1v) is 6.92. The predicted molar refractivity (Wildman–Crippen MR) is 85.1 cm³/mol. The maximum absolute atomic E-state index is 9.90. The first-order valence-electron chi connectivity index (χ1n) is 6.92. The molecule has 3 N–H and O–H groups in total. The molecule has 0 fully saturated rings. The van der Waals surface area contributed by atoms with Gasteiger partial charge >= 0.3 is 0 Å². The second-order valence-corrected chi connectivity index (χ2v) is 4.77. The van der Waals surface area contributed by atoms with Crippen LogP contribution in [0.3, 0.4) is 0 Å². The molecule has 0 aliphatic heterocycles. The Balaban J connectivity index is 2.63. The van der Waals surface area contributed by atoms with Crippen molar-refractivity contribution in [3.63, 3.8) is 0 Å². The number of rotatable bonds is 6. The van der Waals surface area contributed by atoms with Gasteiger partial charge in [-0.05, 0) is 44.0 Å². The summed E-state index contributed by atoms with van der Waals surface area (Å²) >= 11 is 0. The molecule has 0 spiro atoms. The zero-order valence-corrected chi connectivity index (χ0v) is 12.1. The second-order valence-electron chi connectivity index (χ2n) is 4.77. The summed E-state index contributed by atoms with van der Waals surface area (Å²) in [6, 6.07) is 7.71. The molecule has 0 aromatic heterocycles. The van der Waals surface area contributed by atoms with Gasteiger partial charge in [0.05, 0.1) is 6.10 Å². The van der Waals surface area contributed by atoms with Gasteiger partial charge in [-0.1, -0.05) is 48.3 Å². The van der Waals surface area contributed by atoms with Crippen LogP contribution >= 0.6 is 0 Å². The minimum atomic E-state index is -0.500. The Morgan fingerprint density at radius 3 is 3.00 bits per heavy atom. The third kappa shape index (κ3) is 5.88. The van der Waals surface area contributed by atoms with Crippen molar-refractivity contribution in [3.05, 3.63) is 59.7 Å². The van der Waals surface area contributed by atoms with E-state index in [0.29, 0.717) is 13.0 Å². The Bertz CT molecular complexity index is 520. The van der Waals surface area contributed by atoms with E-state index in [0.717, 1.165) is 24.0 Å². The van der Waals surface area contributed by atoms with Crippen molar-refractivity contribution in [3.8, 4) is 11.8 Å². The number of benzene rings is 1. The molecule has 0 radical (unpaired) electrons. The number of hydrogen-bond donors (Lipinski definition) is 2. The van der Waals surface area contributed by atoms with Crippen LogP contribution in [0.1, 0.15) is 43.4 Å². The third-order valence-corrected chi connectivity index (χ3v) is 2.99. The lowest BCUT2D eigenvalue weighted by molar-refractivity contribution is 0.170. The maximum atomic E-state index is 9.90. The number of nitrogens with two attached hydrogens (primary N) is 1. The van der Waals surface area contributed by atoms with E-state index in [4.69, 9.17) is 5.73 Å². The number of hydrogen-bond acceptors (Lipinski definition) is 2. The summed E-state index contributed by atoms with van der Waals surface area (Å²) in [5.41, 5.74) is 8.55. The summed E-state index contributed by atoms with van der Waals surface area (Å²) in [4.78, 5) is 0. The van der Waals surface area contributed by atoms with E-state index in [9.17, 15) is 5.11 Å². The van der Waals surface area contributed by atoms with Crippen LogP contribution in [-0.2, 0) is 0 Å². The van der Waals surface area contributed by atoms with Crippen LogP contribution in [0.2, 0.25) is 0 Å². The highest BCUT2D eigenvalue weighted by molar-refractivity contribution is 5.38. The van der Waals surface area contributed by atoms with E-state index in [1.807, 2.05) is 30.3 Å². The van der Waals surface area contributed by atoms with E-state index < -0.39 is 6.10 Å². The van der Waals surface area contributed by atoms with Gasteiger partial charge in [0, 0.05) is 12.0 Å². The molecular weight excluding hydrogens is 246 g/mol. The van der Waals surface area contributed by atoms with E-state index in [1.54, 1.807) is 6.08 Å². The predicted octanol–water partition coefficient (Wildman–Crippen LogP) is 3.33. The lowest BCUT2D eigenvalue weighted by atomic mass is 10.0. The molecule has 0 saturated carbocycles. The maximum Gasteiger partial charge on any atom is 0.0802 e. The fourth-order valence-electron chi connectivity index (χ4n) is 1.86. The highest BCUT2D eigenvalue weighted by atomic mass is 16.3. The van der Waals surface area contributed by atoms with Crippen LogP contribution in [0.5, 0.6) is 0 Å². The highest BCUT2D eigenvalue weighted by Gasteiger charge is 2.05. The average Bonchev–Trinajstić information content (AvgIpc) is 2.44. The molecule has 1 rings (SSSR count). The van der Waals surface area contributed by atoms with Gasteiger partial charge < -0.3 is 10.8 Å². The summed E-state index contributed by atoms with van der Waals surface area (Å²) in [6.07, 6.45) is 5.65. The SMILES string of the molecule is C=C/C=C(\C)CCC#Cc1cccc(C(O)CCN)c1. The van der Waals surface area contributed by atoms with E-state index >= 15 is 0 Å². The fourth-order valence-corrected chi connectivity index (χ4v) is 1.86. The number of allylic oxidation sites excluding steroid dienone is 3. The van der Waals surface area contributed by atoms with Gasteiger partial charge in [0.1, 0.15) is 0 Å². The summed E-state index contributed by atoms with van der Waals surface area (Å²) in [5, 5.41) is 9.90. The quantitative estimate of drug-likeness (QED) is 0.614. The van der Waals surface area contributed by atoms with Crippen LogP contribution in [0.25, 0.3) is 0 Å². The van der Waals surface area contributed by atoms with Gasteiger partial charge in [0.2, 0.25) is 0 Å². The molecule has 1 atom stereocenters. The first kappa shape index (κ1) is 16.2. The van der Waals surface area contributed by atoms with Crippen LogP contribution < -0.4 is 5.73 Å². The summed E-state index contributed by atoms with van der Waals surface area (Å²) < 4.78 is 0. The van der Waals surface area contributed by atoms with Crippen molar-refractivity contribution in [2.45, 2.75) is 32.3 Å². The van der Waals surface area contributed by atoms with Crippen molar-refractivity contribution in [2.24, 2.45) is 5.73 Å². The zero-order chi connectivity index (χ0) is 14.8. The molecule has 1 aromatic carbocycles. The molecule has 0 amide bonds. The van der Waals surface area contributed by atoms with Crippen molar-refractivity contribution in [2.75, 3.05) is 6.54 Å². The molecule has 0 bridgehead atoms. The monoisotopic (exact) mass is 269 g/mol. The van der Waals surface area contributed by atoms with Crippen LogP contribution in [0.15, 0.2) is 48.6 Å². The Hall–Kier alpha value is -1.82. The Kier molecular flexibility index (Phi) is 7.42. The fraction of sp³-hybridized carbons (Fsp3) is 0.333. The van der Waals surface area contributed by atoms with Gasteiger partial charge in [-0.15, -0.1) is 0 Å². The molecule has 0 saturated heterocycles. The van der Waals surface area contributed by atoms with Crippen LogP contribution in [-0.4, -0.2) is 11.7 Å². The van der Waals surface area contributed by atoms with E-state index in [1.165, 1.54) is 5.57 Å². The van der Waals surface area contributed by atoms with Gasteiger partial charge in [0.15, 0.2) is 0 Å². The lowest BCUT2D eigenvalue weighted by Gasteiger charge is -2.09. The molecule has 0 aliphatic carbocycles. The van der Waals surface area contributed by atoms with Gasteiger partial charge in [-0.2, -0.15) is 0 Å². The van der Waals surface area contributed by atoms with Crippen molar-refractivity contribution >= 4 is 0 Å². The molecule has 1 unspecified atom stereocenters. The largest absolute Gasteiger partial charge is 0.388 e. The smallest absolute Gasteiger partial charge is 0.0802 e. The van der Waals surface area contributed by atoms with Gasteiger partial charge in [-0.25, -0.2) is 0 Å². The van der Waals surface area contributed by atoms with Crippen molar-refractivity contribution < 1.29 is 5.11 Å². The summed E-state index contributed by atoms with van der Waals surface area (Å²) in [5.74, 6) is 6.29. The number of aliphatic hydroxyl groups excluding tert-OH is 1. The molecule has 2 nitrogen and oxygen atoms in total. The number of aliphatic hydroxyl groups is 1. The minimum absolute atomic E-state index is 0.478. The van der Waals surface area contributed by atoms with Crippen molar-refractivity contribution in [1.82, 2.24) is 0 Å². The molecule has 20 heavy (non-hydrogen) atoms. The lowest BCUT2D eigenvalue weighted by Crippen LogP contribution is -2.06. The molecule has 1 aromatic rings. The van der Waals surface area contributed by atoms with Crippen LogP contribution in [0, 0.1) is 11.8 Å². The van der Waals surface area contributed by atoms with E-state index in [-0.39, 0.29) is 0 Å². The normalized spacial score (nSPS) is 12.4.